The van der Waals surface area contributed by atoms with E-state index in [1.807, 2.05) is 43.3 Å². The molecule has 4 heteroatoms. The van der Waals surface area contributed by atoms with Gasteiger partial charge in [-0.3, -0.25) is 9.78 Å². The van der Waals surface area contributed by atoms with Crippen LogP contribution in [0, 0.1) is 13.8 Å². The molecule has 25 heavy (non-hydrogen) atoms. The Kier molecular flexibility index (Phi) is 5.09. The molecular weight excluding hydrogens is 310 g/mol. The van der Waals surface area contributed by atoms with E-state index in [0.29, 0.717) is 12.1 Å². The van der Waals surface area contributed by atoms with Crippen molar-refractivity contribution < 1.29 is 4.79 Å². The van der Waals surface area contributed by atoms with Crippen LogP contribution in [0.5, 0.6) is 0 Å². The first-order chi connectivity index (χ1) is 12.1. The Morgan fingerprint density at radius 2 is 1.80 bits per heavy atom. The third-order valence-corrected chi connectivity index (χ3v) is 3.97. The second-order valence-corrected chi connectivity index (χ2v) is 6.07. The molecule has 0 bridgehead atoms. The lowest BCUT2D eigenvalue weighted by molar-refractivity contribution is 0.0950. The fourth-order valence-corrected chi connectivity index (χ4v) is 2.54. The first-order valence-electron chi connectivity index (χ1n) is 8.23. The molecule has 1 amide bonds. The molecule has 1 aromatic heterocycles. The fourth-order valence-electron chi connectivity index (χ4n) is 2.54. The van der Waals surface area contributed by atoms with Crippen molar-refractivity contribution in [2.75, 3.05) is 5.32 Å². The van der Waals surface area contributed by atoms with Crippen LogP contribution in [0.2, 0.25) is 0 Å². The van der Waals surface area contributed by atoms with E-state index in [9.17, 15) is 4.79 Å². The highest BCUT2D eigenvalue weighted by Gasteiger charge is 2.08. The molecule has 3 rings (SSSR count). The second kappa shape index (κ2) is 7.62. The standard InChI is InChI=1S/C21H21N3O/c1-15-8-9-16(2)20(10-15)24-19-11-18(13-22-14-19)21(25)23-12-17-6-4-3-5-7-17/h3-11,13-14,24H,12H2,1-2H3,(H,23,25). The van der Waals surface area contributed by atoms with Gasteiger partial charge in [0.1, 0.15) is 0 Å². The van der Waals surface area contributed by atoms with Crippen LogP contribution in [0.3, 0.4) is 0 Å². The Hall–Kier alpha value is -3.14. The molecule has 4 nitrogen and oxygen atoms in total. The minimum Gasteiger partial charge on any atom is -0.354 e. The van der Waals surface area contributed by atoms with E-state index in [1.54, 1.807) is 12.4 Å². The van der Waals surface area contributed by atoms with E-state index in [0.717, 1.165) is 22.5 Å². The quantitative estimate of drug-likeness (QED) is 0.730. The smallest absolute Gasteiger partial charge is 0.253 e. The summed E-state index contributed by atoms with van der Waals surface area (Å²) in [5.41, 5.74) is 5.73. The predicted molar refractivity (Wildman–Crippen MR) is 101 cm³/mol. The van der Waals surface area contributed by atoms with Gasteiger partial charge in [-0.15, -0.1) is 0 Å². The van der Waals surface area contributed by atoms with Crippen LogP contribution in [-0.2, 0) is 6.54 Å². The number of pyridine rings is 1. The Morgan fingerprint density at radius 1 is 1.00 bits per heavy atom. The average Bonchev–Trinajstić information content (AvgIpc) is 2.64. The van der Waals surface area contributed by atoms with Crippen LogP contribution in [0.1, 0.15) is 27.0 Å². The minimum atomic E-state index is -0.138. The zero-order valence-corrected chi connectivity index (χ0v) is 14.4. The highest BCUT2D eigenvalue weighted by atomic mass is 16.1. The number of aromatic nitrogens is 1. The van der Waals surface area contributed by atoms with Gasteiger partial charge in [-0.2, -0.15) is 0 Å². The van der Waals surface area contributed by atoms with Crippen LogP contribution in [-0.4, -0.2) is 10.9 Å². The molecule has 0 spiro atoms. The molecule has 0 atom stereocenters. The van der Waals surface area contributed by atoms with E-state index in [2.05, 4.69) is 40.7 Å². The summed E-state index contributed by atoms with van der Waals surface area (Å²) in [6, 6.07) is 17.9. The molecule has 0 radical (unpaired) electrons. The van der Waals surface area contributed by atoms with Gasteiger partial charge in [0.15, 0.2) is 0 Å². The third-order valence-electron chi connectivity index (χ3n) is 3.97. The topological polar surface area (TPSA) is 54.0 Å². The number of aryl methyl sites for hydroxylation is 2. The van der Waals surface area contributed by atoms with Gasteiger partial charge in [-0.25, -0.2) is 0 Å². The van der Waals surface area contributed by atoms with Crippen molar-refractivity contribution in [1.29, 1.82) is 0 Å². The lowest BCUT2D eigenvalue weighted by Crippen LogP contribution is -2.22. The molecule has 2 N–H and O–H groups in total. The summed E-state index contributed by atoms with van der Waals surface area (Å²) >= 11 is 0. The molecule has 0 saturated carbocycles. The lowest BCUT2D eigenvalue weighted by atomic mass is 10.1. The third kappa shape index (κ3) is 4.44. The summed E-state index contributed by atoms with van der Waals surface area (Å²) in [5, 5.41) is 6.26. The molecule has 0 unspecified atom stereocenters. The van der Waals surface area contributed by atoms with Crippen molar-refractivity contribution in [2.45, 2.75) is 20.4 Å². The van der Waals surface area contributed by atoms with Crippen molar-refractivity contribution in [1.82, 2.24) is 10.3 Å². The second-order valence-electron chi connectivity index (χ2n) is 6.07. The summed E-state index contributed by atoms with van der Waals surface area (Å²) in [5.74, 6) is -0.138. The van der Waals surface area contributed by atoms with Gasteiger partial charge in [0.2, 0.25) is 0 Å². The number of hydrogen-bond acceptors (Lipinski definition) is 3. The number of nitrogens with one attached hydrogen (secondary N) is 2. The SMILES string of the molecule is Cc1ccc(C)c(Nc2cncc(C(=O)NCc3ccccc3)c2)c1. The highest BCUT2D eigenvalue weighted by molar-refractivity contribution is 5.94. The Labute approximate surface area is 147 Å². The van der Waals surface area contributed by atoms with E-state index in [1.165, 1.54) is 5.56 Å². The molecule has 0 fully saturated rings. The van der Waals surface area contributed by atoms with Crippen molar-refractivity contribution in [3.63, 3.8) is 0 Å². The van der Waals surface area contributed by atoms with Crippen LogP contribution < -0.4 is 10.6 Å². The first kappa shape index (κ1) is 16.7. The summed E-state index contributed by atoms with van der Waals surface area (Å²) in [6.07, 6.45) is 3.30. The van der Waals surface area contributed by atoms with Gasteiger partial charge >= 0.3 is 0 Å². The zero-order chi connectivity index (χ0) is 17.6. The number of benzene rings is 2. The molecule has 0 aliphatic carbocycles. The molecule has 0 aliphatic heterocycles. The Balaban J connectivity index is 1.70. The molecule has 1 heterocycles. The average molecular weight is 331 g/mol. The molecule has 0 aliphatic rings. The number of carbonyl (C=O) groups excluding carboxylic acids is 1. The van der Waals surface area contributed by atoms with Gasteiger partial charge in [0.05, 0.1) is 17.4 Å². The van der Waals surface area contributed by atoms with Crippen molar-refractivity contribution in [2.24, 2.45) is 0 Å². The normalized spacial score (nSPS) is 10.3. The Bertz CT molecular complexity index is 875. The maximum Gasteiger partial charge on any atom is 0.253 e. The summed E-state index contributed by atoms with van der Waals surface area (Å²) < 4.78 is 0. The number of hydrogen-bond donors (Lipinski definition) is 2. The van der Waals surface area contributed by atoms with Gasteiger partial charge in [0, 0.05) is 18.4 Å². The summed E-state index contributed by atoms with van der Waals surface area (Å²) in [7, 11) is 0. The van der Waals surface area contributed by atoms with Crippen LogP contribution in [0.15, 0.2) is 67.0 Å². The number of amides is 1. The van der Waals surface area contributed by atoms with Crippen molar-refractivity contribution >= 4 is 17.3 Å². The van der Waals surface area contributed by atoms with Crippen molar-refractivity contribution in [3.8, 4) is 0 Å². The molecule has 3 aromatic rings. The van der Waals surface area contributed by atoms with Gasteiger partial charge in [-0.1, -0.05) is 42.5 Å². The lowest BCUT2D eigenvalue weighted by Gasteiger charge is -2.11. The monoisotopic (exact) mass is 331 g/mol. The van der Waals surface area contributed by atoms with E-state index >= 15 is 0 Å². The maximum atomic E-state index is 12.4. The molecule has 126 valence electrons. The number of anilines is 2. The number of rotatable bonds is 5. The van der Waals surface area contributed by atoms with Gasteiger partial charge in [0.25, 0.3) is 5.91 Å². The molecular formula is C21H21N3O. The van der Waals surface area contributed by atoms with Crippen LogP contribution in [0.25, 0.3) is 0 Å². The minimum absolute atomic E-state index is 0.138. The van der Waals surface area contributed by atoms with Crippen LogP contribution >= 0.6 is 0 Å². The first-order valence-corrected chi connectivity index (χ1v) is 8.23. The molecule has 0 saturated heterocycles. The fraction of sp³-hybridized carbons (Fsp3) is 0.143. The Morgan fingerprint density at radius 3 is 2.60 bits per heavy atom. The summed E-state index contributed by atoms with van der Waals surface area (Å²) in [4.78, 5) is 16.6. The van der Waals surface area contributed by atoms with E-state index in [-0.39, 0.29) is 5.91 Å². The number of nitrogens with zero attached hydrogens (tertiary/aromatic N) is 1. The van der Waals surface area contributed by atoms with E-state index < -0.39 is 0 Å². The molecule has 2 aromatic carbocycles. The van der Waals surface area contributed by atoms with Crippen molar-refractivity contribution in [3.05, 3.63) is 89.2 Å². The maximum absolute atomic E-state index is 12.4. The largest absolute Gasteiger partial charge is 0.354 e. The van der Waals surface area contributed by atoms with Gasteiger partial charge < -0.3 is 10.6 Å². The number of carbonyl (C=O) groups is 1. The van der Waals surface area contributed by atoms with E-state index in [4.69, 9.17) is 0 Å². The summed E-state index contributed by atoms with van der Waals surface area (Å²) in [6.45, 7) is 4.59. The van der Waals surface area contributed by atoms with Crippen LogP contribution in [0.4, 0.5) is 11.4 Å². The zero-order valence-electron chi connectivity index (χ0n) is 14.4. The van der Waals surface area contributed by atoms with Gasteiger partial charge in [-0.05, 0) is 42.7 Å². The highest BCUT2D eigenvalue weighted by Crippen LogP contribution is 2.21. The predicted octanol–water partition coefficient (Wildman–Crippen LogP) is 4.37.